The summed E-state index contributed by atoms with van der Waals surface area (Å²) >= 11 is 2.98. The molecule has 0 fully saturated rings. The van der Waals surface area contributed by atoms with Gasteiger partial charge in [0.05, 0.1) is 16.6 Å². The van der Waals surface area contributed by atoms with Crippen LogP contribution >= 0.6 is 23.5 Å². The molecule has 8 heteroatoms. The molecule has 0 unspecified atom stereocenters. The van der Waals surface area contributed by atoms with E-state index >= 15 is 0 Å². The van der Waals surface area contributed by atoms with E-state index in [4.69, 9.17) is 0 Å². The molecule has 0 saturated carbocycles. The fourth-order valence-electron chi connectivity index (χ4n) is 3.10. The molecule has 0 radical (unpaired) electrons. The second-order valence-electron chi connectivity index (χ2n) is 6.59. The minimum absolute atomic E-state index is 0.112. The Morgan fingerprint density at radius 1 is 0.806 bits per heavy atom. The van der Waals surface area contributed by atoms with Gasteiger partial charge in [-0.3, -0.25) is 14.7 Å². The third-order valence-electron chi connectivity index (χ3n) is 4.65. The van der Waals surface area contributed by atoms with Gasteiger partial charge in [-0.1, -0.05) is 47.8 Å². The van der Waals surface area contributed by atoms with E-state index in [9.17, 15) is 9.59 Å². The lowest BCUT2D eigenvalue weighted by Gasteiger charge is -2.08. The number of rotatable bonds is 6. The first-order valence-corrected chi connectivity index (χ1v) is 11.2. The molecule has 1 heterocycles. The van der Waals surface area contributed by atoms with Gasteiger partial charge in [-0.25, -0.2) is 0 Å². The number of hydrogen-bond acceptors (Lipinski definition) is 5. The monoisotopic (exact) mass is 448 g/mol. The summed E-state index contributed by atoms with van der Waals surface area (Å²) in [5.41, 5.74) is 2.15. The van der Waals surface area contributed by atoms with Crippen molar-refractivity contribution in [3.8, 4) is 0 Å². The molecule has 156 valence electrons. The van der Waals surface area contributed by atoms with Crippen LogP contribution in [0.1, 0.15) is 20.7 Å². The Bertz CT molecular complexity index is 1270. The molecule has 0 atom stereocenters. The second kappa shape index (κ2) is 9.28. The zero-order chi connectivity index (χ0) is 21.8. The van der Waals surface area contributed by atoms with E-state index in [0.29, 0.717) is 11.1 Å². The fourth-order valence-corrected chi connectivity index (χ4v) is 5.09. The normalized spacial score (nSPS) is 10.8. The molecule has 0 saturated heterocycles. The molecule has 6 nitrogen and oxygen atoms in total. The van der Waals surface area contributed by atoms with Crippen LogP contribution in [0.25, 0.3) is 10.9 Å². The van der Waals surface area contributed by atoms with Gasteiger partial charge < -0.3 is 10.6 Å². The van der Waals surface area contributed by atoms with E-state index in [-0.39, 0.29) is 11.8 Å². The van der Waals surface area contributed by atoms with Crippen molar-refractivity contribution in [2.24, 2.45) is 0 Å². The van der Waals surface area contributed by atoms with Gasteiger partial charge in [-0.05, 0) is 42.5 Å². The summed E-state index contributed by atoms with van der Waals surface area (Å²) in [6.07, 6.45) is 0. The van der Waals surface area contributed by atoms with E-state index in [1.165, 1.54) is 23.5 Å². The Balaban J connectivity index is 1.62. The number of fused-ring (bicyclic) bond motifs is 1. The molecule has 0 aliphatic carbocycles. The molecule has 0 spiro atoms. The smallest absolute Gasteiger partial charge is 0.252 e. The number of aromatic amines is 1. The predicted octanol–water partition coefficient (Wildman–Crippen LogP) is 4.58. The minimum Gasteiger partial charge on any atom is -0.355 e. The van der Waals surface area contributed by atoms with Crippen LogP contribution in [0.3, 0.4) is 0 Å². The number of nitrogens with one attached hydrogen (secondary N) is 3. The SMILES string of the molecule is CNC(=O)c1ccccc1Sc1ccc2c(Sc3ccccc3C(=O)NC)n[nH]c2c1. The third kappa shape index (κ3) is 4.45. The highest BCUT2D eigenvalue weighted by molar-refractivity contribution is 7.99. The molecule has 4 rings (SSSR count). The van der Waals surface area contributed by atoms with Gasteiger partial charge in [-0.2, -0.15) is 5.10 Å². The second-order valence-corrected chi connectivity index (χ2v) is 8.74. The highest BCUT2D eigenvalue weighted by Gasteiger charge is 2.15. The maximum absolute atomic E-state index is 12.2. The van der Waals surface area contributed by atoms with Gasteiger partial charge in [0.1, 0.15) is 5.03 Å². The Labute approximate surface area is 188 Å². The molecule has 4 aromatic rings. The summed E-state index contributed by atoms with van der Waals surface area (Å²) in [6, 6.07) is 21.0. The van der Waals surface area contributed by atoms with Crippen molar-refractivity contribution in [2.45, 2.75) is 19.7 Å². The molecule has 1 aromatic heterocycles. The van der Waals surface area contributed by atoms with E-state index in [1.807, 2.05) is 60.7 Å². The van der Waals surface area contributed by atoms with Crippen LogP contribution in [0.4, 0.5) is 0 Å². The summed E-state index contributed by atoms with van der Waals surface area (Å²) in [7, 11) is 3.25. The average molecular weight is 449 g/mol. The van der Waals surface area contributed by atoms with Crippen LogP contribution in [0, 0.1) is 0 Å². The highest BCUT2D eigenvalue weighted by Crippen LogP contribution is 2.37. The lowest BCUT2D eigenvalue weighted by molar-refractivity contribution is 0.0952. The predicted molar refractivity (Wildman–Crippen MR) is 124 cm³/mol. The van der Waals surface area contributed by atoms with Crippen molar-refractivity contribution in [1.29, 1.82) is 0 Å². The van der Waals surface area contributed by atoms with Crippen LogP contribution < -0.4 is 10.6 Å². The van der Waals surface area contributed by atoms with Gasteiger partial charge >= 0.3 is 0 Å². The van der Waals surface area contributed by atoms with Gasteiger partial charge in [-0.15, -0.1) is 0 Å². The van der Waals surface area contributed by atoms with E-state index < -0.39 is 0 Å². The largest absolute Gasteiger partial charge is 0.355 e. The number of benzene rings is 3. The van der Waals surface area contributed by atoms with Crippen molar-refractivity contribution in [3.63, 3.8) is 0 Å². The summed E-state index contributed by atoms with van der Waals surface area (Å²) in [4.78, 5) is 27.0. The summed E-state index contributed by atoms with van der Waals surface area (Å²) in [6.45, 7) is 0. The minimum atomic E-state index is -0.128. The van der Waals surface area contributed by atoms with Gasteiger partial charge in [0.15, 0.2) is 0 Å². The molecule has 0 bridgehead atoms. The highest BCUT2D eigenvalue weighted by atomic mass is 32.2. The van der Waals surface area contributed by atoms with Crippen LogP contribution in [0.5, 0.6) is 0 Å². The lowest BCUT2D eigenvalue weighted by atomic mass is 10.2. The third-order valence-corrected chi connectivity index (χ3v) is 6.80. The first-order valence-electron chi connectivity index (χ1n) is 9.56. The average Bonchev–Trinajstić information content (AvgIpc) is 3.20. The number of H-pyrrole nitrogens is 1. The molecule has 3 aromatic carbocycles. The molecule has 0 aliphatic heterocycles. The maximum Gasteiger partial charge on any atom is 0.252 e. The van der Waals surface area contributed by atoms with Crippen LogP contribution in [0.2, 0.25) is 0 Å². The molecule has 31 heavy (non-hydrogen) atoms. The zero-order valence-corrected chi connectivity index (χ0v) is 18.6. The van der Waals surface area contributed by atoms with Crippen molar-refractivity contribution in [3.05, 3.63) is 77.9 Å². The van der Waals surface area contributed by atoms with Crippen molar-refractivity contribution in [2.75, 3.05) is 14.1 Å². The van der Waals surface area contributed by atoms with E-state index in [1.54, 1.807) is 20.2 Å². The molecule has 0 aliphatic rings. The Morgan fingerprint density at radius 3 is 2.00 bits per heavy atom. The zero-order valence-electron chi connectivity index (χ0n) is 16.9. The first-order chi connectivity index (χ1) is 15.1. The van der Waals surface area contributed by atoms with E-state index in [0.717, 1.165) is 30.6 Å². The van der Waals surface area contributed by atoms with E-state index in [2.05, 4.69) is 20.8 Å². The molecule has 2 amide bonds. The molecular weight excluding hydrogens is 428 g/mol. The lowest BCUT2D eigenvalue weighted by Crippen LogP contribution is -2.18. The first kappa shape index (κ1) is 21.0. The van der Waals surface area contributed by atoms with Crippen molar-refractivity contribution < 1.29 is 9.59 Å². The Hall–Kier alpha value is -3.23. The topological polar surface area (TPSA) is 86.9 Å². The van der Waals surface area contributed by atoms with Gasteiger partial charge in [0.2, 0.25) is 0 Å². The summed E-state index contributed by atoms with van der Waals surface area (Å²) < 4.78 is 0. The van der Waals surface area contributed by atoms with Crippen LogP contribution in [-0.4, -0.2) is 36.1 Å². The number of nitrogens with zero attached hydrogens (tertiary/aromatic N) is 1. The van der Waals surface area contributed by atoms with Crippen LogP contribution in [-0.2, 0) is 0 Å². The Kier molecular flexibility index (Phi) is 6.29. The quantitative estimate of drug-likeness (QED) is 0.402. The van der Waals surface area contributed by atoms with Gasteiger partial charge in [0.25, 0.3) is 11.8 Å². The van der Waals surface area contributed by atoms with Crippen molar-refractivity contribution in [1.82, 2.24) is 20.8 Å². The number of amides is 2. The molecular formula is C23H20N4O2S2. The fraction of sp³-hybridized carbons (Fsp3) is 0.0870. The molecule has 3 N–H and O–H groups in total. The number of aromatic nitrogens is 2. The van der Waals surface area contributed by atoms with Crippen LogP contribution in [0.15, 0.2) is 86.4 Å². The van der Waals surface area contributed by atoms with Crippen molar-refractivity contribution >= 4 is 46.2 Å². The summed E-state index contributed by atoms with van der Waals surface area (Å²) in [5, 5.41) is 14.7. The number of carbonyl (C=O) groups excluding carboxylic acids is 2. The summed E-state index contributed by atoms with van der Waals surface area (Å²) in [5.74, 6) is -0.240. The number of hydrogen-bond donors (Lipinski definition) is 3. The standard InChI is InChI=1S/C23H20N4O2S2/c1-24-21(28)16-7-3-5-9-19(16)30-14-11-12-15-18(13-14)26-27-23(15)31-20-10-6-4-8-17(20)22(29)25-2/h3-13H,1-2H3,(H,24,28)(H,25,29)(H,26,27). The number of carbonyl (C=O) groups is 2. The van der Waals surface area contributed by atoms with Gasteiger partial charge in [0, 0.05) is 34.2 Å². The Morgan fingerprint density at radius 2 is 1.39 bits per heavy atom. The maximum atomic E-state index is 12.2.